The molecule has 2 aromatic heterocycles. The summed E-state index contributed by atoms with van der Waals surface area (Å²) in [7, 11) is 0. The number of amides is 1. The Balaban J connectivity index is 1.58. The molecule has 0 bridgehead atoms. The van der Waals surface area contributed by atoms with Crippen LogP contribution >= 0.6 is 0 Å². The summed E-state index contributed by atoms with van der Waals surface area (Å²) in [6.45, 7) is 0.462. The van der Waals surface area contributed by atoms with Crippen molar-refractivity contribution in [1.29, 1.82) is 0 Å². The van der Waals surface area contributed by atoms with Crippen molar-refractivity contribution in [1.82, 2.24) is 10.1 Å². The zero-order valence-electron chi connectivity index (χ0n) is 13.9. The van der Waals surface area contributed by atoms with E-state index in [-0.39, 0.29) is 11.9 Å². The summed E-state index contributed by atoms with van der Waals surface area (Å²) in [6.07, 6.45) is 5.99. The van der Waals surface area contributed by atoms with Gasteiger partial charge < -0.3 is 13.8 Å². The molecule has 25 heavy (non-hydrogen) atoms. The van der Waals surface area contributed by atoms with Gasteiger partial charge in [-0.2, -0.15) is 0 Å². The van der Waals surface area contributed by atoms with Crippen molar-refractivity contribution in [3.8, 4) is 11.3 Å². The first-order valence-electron chi connectivity index (χ1n) is 8.67. The summed E-state index contributed by atoms with van der Waals surface area (Å²) < 4.78 is 10.8. The molecule has 5 nitrogen and oxygen atoms in total. The second-order valence-electron chi connectivity index (χ2n) is 6.39. The maximum absolute atomic E-state index is 13.1. The Kier molecular flexibility index (Phi) is 4.37. The van der Waals surface area contributed by atoms with Crippen molar-refractivity contribution < 1.29 is 13.7 Å². The van der Waals surface area contributed by atoms with Crippen LogP contribution in [-0.4, -0.2) is 22.0 Å². The molecule has 0 unspecified atom stereocenters. The highest BCUT2D eigenvalue weighted by atomic mass is 16.5. The fourth-order valence-corrected chi connectivity index (χ4v) is 3.41. The third-order valence-corrected chi connectivity index (χ3v) is 4.72. The predicted octanol–water partition coefficient (Wildman–Crippen LogP) is 4.52. The minimum atomic E-state index is -0.103. The lowest BCUT2D eigenvalue weighted by Crippen LogP contribution is -2.38. The highest BCUT2D eigenvalue weighted by Crippen LogP contribution is 2.27. The second-order valence-corrected chi connectivity index (χ2v) is 6.39. The maximum atomic E-state index is 13.1. The molecule has 1 aliphatic rings. The number of hydrogen-bond donors (Lipinski definition) is 0. The van der Waals surface area contributed by atoms with Crippen molar-refractivity contribution in [2.24, 2.45) is 0 Å². The van der Waals surface area contributed by atoms with E-state index in [1.807, 2.05) is 47.4 Å². The molecule has 1 aliphatic carbocycles. The zero-order valence-corrected chi connectivity index (χ0v) is 13.9. The van der Waals surface area contributed by atoms with Crippen LogP contribution in [0.1, 0.15) is 41.9 Å². The molecule has 0 N–H and O–H groups in total. The molecular formula is C20H20N2O3. The smallest absolute Gasteiger partial charge is 0.276 e. The second kappa shape index (κ2) is 6.97. The summed E-state index contributed by atoms with van der Waals surface area (Å²) in [5, 5.41) is 4.02. The summed E-state index contributed by atoms with van der Waals surface area (Å²) in [6, 6.07) is 15.4. The molecule has 3 aromatic rings. The normalized spacial score (nSPS) is 14.7. The van der Waals surface area contributed by atoms with Crippen LogP contribution in [0.15, 0.2) is 63.7 Å². The Morgan fingerprint density at radius 1 is 1.12 bits per heavy atom. The lowest BCUT2D eigenvalue weighted by Gasteiger charge is -2.27. The molecular weight excluding hydrogens is 316 g/mol. The van der Waals surface area contributed by atoms with Gasteiger partial charge in [0.1, 0.15) is 5.76 Å². The number of rotatable bonds is 5. The van der Waals surface area contributed by atoms with Gasteiger partial charge in [-0.05, 0) is 25.0 Å². The third-order valence-electron chi connectivity index (χ3n) is 4.72. The molecule has 0 radical (unpaired) electrons. The number of carbonyl (C=O) groups is 1. The van der Waals surface area contributed by atoms with E-state index in [0.717, 1.165) is 37.0 Å². The first-order valence-corrected chi connectivity index (χ1v) is 8.67. The minimum Gasteiger partial charge on any atom is -0.467 e. The van der Waals surface area contributed by atoms with E-state index in [1.165, 1.54) is 0 Å². The Morgan fingerprint density at radius 3 is 2.64 bits per heavy atom. The van der Waals surface area contributed by atoms with Gasteiger partial charge in [0.05, 0.1) is 12.8 Å². The molecule has 0 saturated heterocycles. The lowest BCUT2D eigenvalue weighted by atomic mass is 10.1. The summed E-state index contributed by atoms with van der Waals surface area (Å²) in [4.78, 5) is 14.9. The Bertz CT molecular complexity index is 818. The Morgan fingerprint density at radius 2 is 1.92 bits per heavy atom. The van der Waals surface area contributed by atoms with Gasteiger partial charge in [-0.15, -0.1) is 0 Å². The van der Waals surface area contributed by atoms with Crippen LogP contribution in [0.3, 0.4) is 0 Å². The van der Waals surface area contributed by atoms with Crippen LogP contribution in [0.5, 0.6) is 0 Å². The van der Waals surface area contributed by atoms with E-state index in [4.69, 9.17) is 8.94 Å². The van der Waals surface area contributed by atoms with Crippen LogP contribution in [0.25, 0.3) is 11.3 Å². The molecule has 1 amide bonds. The topological polar surface area (TPSA) is 59.5 Å². The quantitative estimate of drug-likeness (QED) is 0.687. The molecule has 4 rings (SSSR count). The van der Waals surface area contributed by atoms with Gasteiger partial charge in [-0.1, -0.05) is 48.3 Å². The van der Waals surface area contributed by atoms with Crippen LogP contribution in [0, 0.1) is 0 Å². The maximum Gasteiger partial charge on any atom is 0.276 e. The zero-order chi connectivity index (χ0) is 17.1. The molecule has 2 heterocycles. The standard InChI is InChI=1S/C20H20N2O3/c23-20(18-13-19(25-21-18)15-7-2-1-3-8-15)22(16-9-4-5-10-16)14-17-11-6-12-24-17/h1-3,6-8,11-13,16H,4-5,9-10,14H2. The minimum absolute atomic E-state index is 0.103. The molecule has 0 atom stereocenters. The van der Waals surface area contributed by atoms with E-state index in [2.05, 4.69) is 5.16 Å². The number of aromatic nitrogens is 1. The van der Waals surface area contributed by atoms with E-state index < -0.39 is 0 Å². The van der Waals surface area contributed by atoms with Crippen LogP contribution in [0.4, 0.5) is 0 Å². The molecule has 0 aliphatic heterocycles. The molecule has 128 valence electrons. The highest BCUT2D eigenvalue weighted by molar-refractivity contribution is 5.93. The van der Waals surface area contributed by atoms with Gasteiger partial charge in [0.15, 0.2) is 11.5 Å². The molecule has 1 aromatic carbocycles. The van der Waals surface area contributed by atoms with Gasteiger partial charge in [0.2, 0.25) is 0 Å². The molecule has 1 saturated carbocycles. The van der Waals surface area contributed by atoms with Crippen LogP contribution in [0.2, 0.25) is 0 Å². The predicted molar refractivity (Wildman–Crippen MR) is 92.8 cm³/mol. The average molecular weight is 336 g/mol. The van der Waals surface area contributed by atoms with E-state index in [9.17, 15) is 4.79 Å². The summed E-state index contributed by atoms with van der Waals surface area (Å²) >= 11 is 0. The number of hydrogen-bond acceptors (Lipinski definition) is 4. The number of nitrogens with zero attached hydrogens (tertiary/aromatic N) is 2. The molecule has 5 heteroatoms. The number of furan rings is 1. The monoisotopic (exact) mass is 336 g/mol. The van der Waals surface area contributed by atoms with Gasteiger partial charge in [0, 0.05) is 17.7 Å². The van der Waals surface area contributed by atoms with Gasteiger partial charge in [-0.3, -0.25) is 4.79 Å². The fraction of sp³-hybridized carbons (Fsp3) is 0.300. The first kappa shape index (κ1) is 15.7. The van der Waals surface area contributed by atoms with Gasteiger partial charge >= 0.3 is 0 Å². The van der Waals surface area contributed by atoms with Crippen molar-refractivity contribution in [2.45, 2.75) is 38.3 Å². The van der Waals surface area contributed by atoms with Crippen molar-refractivity contribution in [3.63, 3.8) is 0 Å². The van der Waals surface area contributed by atoms with Crippen molar-refractivity contribution in [3.05, 3.63) is 66.2 Å². The fourth-order valence-electron chi connectivity index (χ4n) is 3.41. The Hall–Kier alpha value is -2.82. The van der Waals surface area contributed by atoms with Gasteiger partial charge in [-0.25, -0.2) is 0 Å². The first-order chi connectivity index (χ1) is 12.3. The Labute approximate surface area is 146 Å². The van der Waals surface area contributed by atoms with Crippen molar-refractivity contribution in [2.75, 3.05) is 0 Å². The van der Waals surface area contributed by atoms with E-state index >= 15 is 0 Å². The lowest BCUT2D eigenvalue weighted by molar-refractivity contribution is 0.0638. The molecule has 0 spiro atoms. The van der Waals surface area contributed by atoms with Crippen molar-refractivity contribution >= 4 is 5.91 Å². The largest absolute Gasteiger partial charge is 0.467 e. The SMILES string of the molecule is O=C(c1cc(-c2ccccc2)on1)N(Cc1ccco1)C1CCCC1. The van der Waals surface area contributed by atoms with E-state index in [1.54, 1.807) is 12.3 Å². The molecule has 1 fully saturated rings. The van der Waals surface area contributed by atoms with Crippen LogP contribution < -0.4 is 0 Å². The van der Waals surface area contributed by atoms with Gasteiger partial charge in [0.25, 0.3) is 5.91 Å². The number of carbonyl (C=O) groups excluding carboxylic acids is 1. The average Bonchev–Trinajstić information content (AvgIpc) is 3.42. The van der Waals surface area contributed by atoms with E-state index in [0.29, 0.717) is 18.0 Å². The highest BCUT2D eigenvalue weighted by Gasteiger charge is 2.30. The van der Waals surface area contributed by atoms with Crippen LogP contribution in [-0.2, 0) is 6.54 Å². The third kappa shape index (κ3) is 3.36. The summed E-state index contributed by atoms with van der Waals surface area (Å²) in [5.41, 5.74) is 1.25. The summed E-state index contributed by atoms with van der Waals surface area (Å²) in [5.74, 6) is 1.29. The number of benzene rings is 1.